The first-order valence-corrected chi connectivity index (χ1v) is 7.21. The van der Waals surface area contributed by atoms with Crippen molar-refractivity contribution in [2.75, 3.05) is 6.61 Å². The third kappa shape index (κ3) is 4.09. The van der Waals surface area contributed by atoms with Gasteiger partial charge in [0.1, 0.15) is 0 Å². The van der Waals surface area contributed by atoms with Crippen LogP contribution in [0.3, 0.4) is 0 Å². The third-order valence-corrected chi connectivity index (χ3v) is 4.09. The Balaban J connectivity index is 2.82. The van der Waals surface area contributed by atoms with Crippen LogP contribution in [0.2, 0.25) is 0 Å². The summed E-state index contributed by atoms with van der Waals surface area (Å²) in [6.07, 6.45) is 0.811. The maximum Gasteiger partial charge on any atom is 0.0445 e. The van der Waals surface area contributed by atoms with Gasteiger partial charge in [-0.1, -0.05) is 13.8 Å². The molecule has 0 amide bonds. The van der Waals surface area contributed by atoms with E-state index in [1.807, 2.05) is 11.3 Å². The van der Waals surface area contributed by atoms with Crippen LogP contribution >= 0.6 is 11.3 Å². The van der Waals surface area contributed by atoms with E-state index in [4.69, 9.17) is 5.11 Å². The zero-order valence-electron chi connectivity index (χ0n) is 11.6. The molecule has 0 saturated carbocycles. The molecule has 3 heteroatoms. The van der Waals surface area contributed by atoms with Crippen LogP contribution in [-0.4, -0.2) is 17.8 Å². The molecule has 0 aromatic carbocycles. The fourth-order valence-electron chi connectivity index (χ4n) is 2.18. The molecule has 2 nitrogen and oxygen atoms in total. The van der Waals surface area contributed by atoms with Gasteiger partial charge in [-0.05, 0) is 44.7 Å². The maximum absolute atomic E-state index is 8.98. The highest BCUT2D eigenvalue weighted by Crippen LogP contribution is 2.31. The lowest BCUT2D eigenvalue weighted by atomic mass is 9.95. The van der Waals surface area contributed by atoms with Crippen molar-refractivity contribution in [1.29, 1.82) is 0 Å². The van der Waals surface area contributed by atoms with Crippen LogP contribution in [0.5, 0.6) is 0 Å². The van der Waals surface area contributed by atoms with E-state index in [1.165, 1.54) is 15.3 Å². The Bertz CT molecular complexity index is 346. The molecule has 1 rings (SSSR count). The molecule has 0 aliphatic carbocycles. The number of aliphatic hydroxyl groups is 1. The van der Waals surface area contributed by atoms with Gasteiger partial charge in [-0.2, -0.15) is 0 Å². The van der Waals surface area contributed by atoms with Gasteiger partial charge in [0.2, 0.25) is 0 Å². The van der Waals surface area contributed by atoms with Crippen LogP contribution in [0.1, 0.15) is 48.6 Å². The van der Waals surface area contributed by atoms with Gasteiger partial charge < -0.3 is 10.4 Å². The number of aliphatic hydroxyl groups excluding tert-OH is 1. The van der Waals surface area contributed by atoms with Crippen molar-refractivity contribution in [3.05, 3.63) is 21.4 Å². The van der Waals surface area contributed by atoms with Gasteiger partial charge in [0.25, 0.3) is 0 Å². The van der Waals surface area contributed by atoms with Crippen LogP contribution in [-0.2, 0) is 0 Å². The van der Waals surface area contributed by atoms with E-state index in [-0.39, 0.29) is 6.61 Å². The smallest absolute Gasteiger partial charge is 0.0445 e. The Morgan fingerprint density at radius 2 is 1.94 bits per heavy atom. The topological polar surface area (TPSA) is 32.3 Å². The van der Waals surface area contributed by atoms with E-state index < -0.39 is 0 Å². The lowest BCUT2D eigenvalue weighted by Crippen LogP contribution is -2.34. The molecule has 1 heterocycles. The molecule has 0 aliphatic heterocycles. The number of nitrogens with one attached hydrogen (secondary N) is 1. The Morgan fingerprint density at radius 1 is 1.29 bits per heavy atom. The SMILES string of the molecule is Cc1cc(C(NC(C)CCO)C(C)C)c(C)s1. The van der Waals surface area contributed by atoms with Crippen LogP contribution in [0.4, 0.5) is 0 Å². The number of hydrogen-bond donors (Lipinski definition) is 2. The molecule has 1 aromatic rings. The highest BCUT2D eigenvalue weighted by molar-refractivity contribution is 7.12. The Hall–Kier alpha value is -0.380. The van der Waals surface area contributed by atoms with Crippen molar-refractivity contribution in [2.45, 2.75) is 53.1 Å². The first-order valence-electron chi connectivity index (χ1n) is 6.39. The molecule has 0 fully saturated rings. The van der Waals surface area contributed by atoms with E-state index in [1.54, 1.807) is 0 Å². The molecule has 0 saturated heterocycles. The second-order valence-corrected chi connectivity index (χ2v) is 6.63. The molecule has 0 bridgehead atoms. The minimum absolute atomic E-state index is 0.251. The molecule has 2 N–H and O–H groups in total. The van der Waals surface area contributed by atoms with Crippen LogP contribution in [0.15, 0.2) is 6.07 Å². The average molecular weight is 255 g/mol. The molecule has 0 spiro atoms. The van der Waals surface area contributed by atoms with E-state index in [2.05, 4.69) is 46.0 Å². The normalized spacial score (nSPS) is 15.2. The van der Waals surface area contributed by atoms with Gasteiger partial charge >= 0.3 is 0 Å². The van der Waals surface area contributed by atoms with Crippen molar-refractivity contribution in [1.82, 2.24) is 5.32 Å². The summed E-state index contributed by atoms with van der Waals surface area (Å²) in [6.45, 7) is 11.2. The third-order valence-electron chi connectivity index (χ3n) is 3.11. The second-order valence-electron chi connectivity index (χ2n) is 5.17. The summed E-state index contributed by atoms with van der Waals surface area (Å²) in [7, 11) is 0. The standard InChI is InChI=1S/C14H25NOS/c1-9(2)14(15-10(3)6-7-16)13-8-11(4)17-12(13)5/h8-10,14-16H,6-7H2,1-5H3. The highest BCUT2D eigenvalue weighted by Gasteiger charge is 2.20. The van der Waals surface area contributed by atoms with E-state index >= 15 is 0 Å². The number of rotatable bonds is 6. The van der Waals surface area contributed by atoms with E-state index in [0.29, 0.717) is 18.0 Å². The number of aryl methyl sites for hydroxylation is 2. The first-order chi connectivity index (χ1) is 7.95. The molecular formula is C14H25NOS. The molecule has 17 heavy (non-hydrogen) atoms. The van der Waals surface area contributed by atoms with Gasteiger partial charge in [0.05, 0.1) is 0 Å². The molecular weight excluding hydrogens is 230 g/mol. The zero-order valence-corrected chi connectivity index (χ0v) is 12.4. The Morgan fingerprint density at radius 3 is 2.35 bits per heavy atom. The van der Waals surface area contributed by atoms with Gasteiger partial charge in [0.15, 0.2) is 0 Å². The van der Waals surface area contributed by atoms with Crippen molar-refractivity contribution in [2.24, 2.45) is 5.92 Å². The lowest BCUT2D eigenvalue weighted by Gasteiger charge is -2.26. The largest absolute Gasteiger partial charge is 0.396 e. The molecule has 98 valence electrons. The minimum atomic E-state index is 0.251. The summed E-state index contributed by atoms with van der Waals surface area (Å²) in [5.41, 5.74) is 1.42. The van der Waals surface area contributed by atoms with E-state index in [0.717, 1.165) is 6.42 Å². The maximum atomic E-state index is 8.98. The van der Waals surface area contributed by atoms with Crippen molar-refractivity contribution >= 4 is 11.3 Å². The number of thiophene rings is 1. The van der Waals surface area contributed by atoms with Crippen LogP contribution in [0, 0.1) is 19.8 Å². The number of hydrogen-bond acceptors (Lipinski definition) is 3. The van der Waals surface area contributed by atoms with Gasteiger partial charge in [-0.3, -0.25) is 0 Å². The summed E-state index contributed by atoms with van der Waals surface area (Å²) in [5, 5.41) is 12.6. The summed E-state index contributed by atoms with van der Waals surface area (Å²) in [5.74, 6) is 0.559. The minimum Gasteiger partial charge on any atom is -0.396 e. The van der Waals surface area contributed by atoms with Gasteiger partial charge in [-0.15, -0.1) is 11.3 Å². The fourth-order valence-corrected chi connectivity index (χ4v) is 3.16. The Labute approximate surface area is 109 Å². The summed E-state index contributed by atoms with van der Waals surface area (Å²) < 4.78 is 0. The van der Waals surface area contributed by atoms with E-state index in [9.17, 15) is 0 Å². The summed E-state index contributed by atoms with van der Waals surface area (Å²) in [4.78, 5) is 2.78. The quantitative estimate of drug-likeness (QED) is 0.816. The van der Waals surface area contributed by atoms with Gasteiger partial charge in [0, 0.05) is 28.4 Å². The van der Waals surface area contributed by atoms with Crippen molar-refractivity contribution in [3.63, 3.8) is 0 Å². The molecule has 1 aromatic heterocycles. The predicted octanol–water partition coefficient (Wildman–Crippen LogP) is 3.42. The first kappa shape index (κ1) is 14.7. The van der Waals surface area contributed by atoms with Crippen molar-refractivity contribution < 1.29 is 5.11 Å². The average Bonchev–Trinajstić information content (AvgIpc) is 2.54. The predicted molar refractivity (Wildman–Crippen MR) is 75.7 cm³/mol. The van der Waals surface area contributed by atoms with Crippen molar-refractivity contribution in [3.8, 4) is 0 Å². The summed E-state index contributed by atoms with van der Waals surface area (Å²) in [6, 6.07) is 3.04. The second kappa shape index (κ2) is 6.53. The fraction of sp³-hybridized carbons (Fsp3) is 0.714. The highest BCUT2D eigenvalue weighted by atomic mass is 32.1. The van der Waals surface area contributed by atoms with Gasteiger partial charge in [-0.25, -0.2) is 0 Å². The van der Waals surface area contributed by atoms with Crippen LogP contribution in [0.25, 0.3) is 0 Å². The molecule has 2 unspecified atom stereocenters. The monoisotopic (exact) mass is 255 g/mol. The van der Waals surface area contributed by atoms with Crippen LogP contribution < -0.4 is 5.32 Å². The zero-order chi connectivity index (χ0) is 13.0. The molecule has 0 radical (unpaired) electrons. The summed E-state index contributed by atoms with van der Waals surface area (Å²) >= 11 is 1.87. The molecule has 2 atom stereocenters. The lowest BCUT2D eigenvalue weighted by molar-refractivity contribution is 0.255. The molecule has 0 aliphatic rings. The Kier molecular flexibility index (Phi) is 5.63.